The van der Waals surface area contributed by atoms with Crippen molar-refractivity contribution < 1.29 is 4.79 Å². The molecule has 0 saturated carbocycles. The summed E-state index contributed by atoms with van der Waals surface area (Å²) in [4.78, 5) is 16.9. The summed E-state index contributed by atoms with van der Waals surface area (Å²) >= 11 is 0. The number of likely N-dealkylation sites (N-methyl/N-ethyl adjacent to an activating group) is 1. The van der Waals surface area contributed by atoms with Crippen LogP contribution in [0.1, 0.15) is 46.5 Å². The van der Waals surface area contributed by atoms with E-state index < -0.39 is 0 Å². The maximum Gasteiger partial charge on any atom is 0.240 e. The number of allylic oxidation sites excluding steroid dienone is 2. The molecule has 1 aliphatic carbocycles. The van der Waals surface area contributed by atoms with Crippen molar-refractivity contribution >= 4 is 5.91 Å². The first-order valence-electron chi connectivity index (χ1n) is 8.08. The minimum atomic E-state index is 0.266. The molecule has 1 fully saturated rings. The second-order valence-electron chi connectivity index (χ2n) is 6.24. The van der Waals surface area contributed by atoms with Crippen molar-refractivity contribution in [1.29, 1.82) is 0 Å². The Morgan fingerprint density at radius 3 is 2.60 bits per heavy atom. The average Bonchev–Trinajstić information content (AvgIpc) is 2.39. The van der Waals surface area contributed by atoms with Gasteiger partial charge in [0.25, 0.3) is 0 Å². The molecule has 2 aliphatic rings. The molecule has 0 aromatic rings. The van der Waals surface area contributed by atoms with Gasteiger partial charge in [0.2, 0.25) is 5.91 Å². The molecule has 2 unspecified atom stereocenters. The zero-order chi connectivity index (χ0) is 14.5. The van der Waals surface area contributed by atoms with Gasteiger partial charge in [-0.2, -0.15) is 0 Å². The first kappa shape index (κ1) is 15.5. The van der Waals surface area contributed by atoms with Crippen LogP contribution in [0.25, 0.3) is 0 Å². The van der Waals surface area contributed by atoms with Crippen molar-refractivity contribution in [1.82, 2.24) is 15.1 Å². The van der Waals surface area contributed by atoms with Crippen molar-refractivity contribution in [2.75, 3.05) is 26.2 Å². The fourth-order valence-corrected chi connectivity index (χ4v) is 3.45. The molecule has 4 nitrogen and oxygen atoms in total. The van der Waals surface area contributed by atoms with E-state index in [1.54, 1.807) is 0 Å². The number of piperazine rings is 1. The fourth-order valence-electron chi connectivity index (χ4n) is 3.45. The third kappa shape index (κ3) is 4.06. The fraction of sp³-hybridized carbons (Fsp3) is 0.812. The van der Waals surface area contributed by atoms with Gasteiger partial charge in [0.1, 0.15) is 0 Å². The second kappa shape index (κ2) is 7.23. The molecule has 0 aromatic heterocycles. The molecule has 1 N–H and O–H groups in total. The monoisotopic (exact) mass is 279 g/mol. The summed E-state index contributed by atoms with van der Waals surface area (Å²) in [5.41, 5.74) is 1.25. The normalized spacial score (nSPS) is 28.1. The molecule has 20 heavy (non-hydrogen) atoms. The molecule has 1 amide bonds. The van der Waals surface area contributed by atoms with Crippen LogP contribution in [-0.2, 0) is 4.79 Å². The van der Waals surface area contributed by atoms with Gasteiger partial charge >= 0.3 is 0 Å². The Morgan fingerprint density at radius 1 is 1.35 bits per heavy atom. The van der Waals surface area contributed by atoms with Gasteiger partial charge in [0, 0.05) is 37.4 Å². The summed E-state index contributed by atoms with van der Waals surface area (Å²) in [6.45, 7) is 9.74. The number of nitrogens with one attached hydrogen (secondary N) is 1. The van der Waals surface area contributed by atoms with Gasteiger partial charge in [-0.3, -0.25) is 9.69 Å². The molecule has 2 atom stereocenters. The average molecular weight is 279 g/mol. The molecule has 4 heteroatoms. The number of carbonyl (C=O) groups excluding carboxylic acids is 1. The number of rotatable bonds is 4. The summed E-state index contributed by atoms with van der Waals surface area (Å²) in [5.74, 6) is 0.266. The highest BCUT2D eigenvalue weighted by molar-refractivity contribution is 5.80. The summed E-state index contributed by atoms with van der Waals surface area (Å²) < 4.78 is 0. The molecule has 0 radical (unpaired) electrons. The molecule has 0 aromatic carbocycles. The summed E-state index contributed by atoms with van der Waals surface area (Å²) in [6, 6.07) is 0.936. The van der Waals surface area contributed by atoms with E-state index in [4.69, 9.17) is 0 Å². The maximum atomic E-state index is 12.6. The van der Waals surface area contributed by atoms with Crippen LogP contribution in [-0.4, -0.2) is 54.0 Å². The lowest BCUT2D eigenvalue weighted by atomic mass is 10.0. The lowest BCUT2D eigenvalue weighted by Crippen LogP contribution is -2.56. The third-order valence-electron chi connectivity index (χ3n) is 4.22. The first-order valence-corrected chi connectivity index (χ1v) is 8.08. The number of amides is 1. The molecule has 114 valence electrons. The number of hydrogen-bond donors (Lipinski definition) is 1. The van der Waals surface area contributed by atoms with E-state index in [1.165, 1.54) is 18.5 Å². The predicted molar refractivity (Wildman–Crippen MR) is 82.4 cm³/mol. The summed E-state index contributed by atoms with van der Waals surface area (Å²) in [7, 11) is 0. The predicted octanol–water partition coefficient (Wildman–Crippen LogP) is 1.97. The van der Waals surface area contributed by atoms with Gasteiger partial charge in [-0.25, -0.2) is 0 Å². The molecule has 0 bridgehead atoms. The Hall–Kier alpha value is -0.870. The Labute approximate surface area is 123 Å². The minimum Gasteiger partial charge on any atom is -0.316 e. The number of hydrogen-bond acceptors (Lipinski definition) is 3. The van der Waals surface area contributed by atoms with E-state index in [-0.39, 0.29) is 5.91 Å². The van der Waals surface area contributed by atoms with Crippen LogP contribution in [0.2, 0.25) is 0 Å². The lowest BCUT2D eigenvalue weighted by molar-refractivity contribution is -0.130. The highest BCUT2D eigenvalue weighted by Crippen LogP contribution is 2.21. The topological polar surface area (TPSA) is 35.6 Å². The van der Waals surface area contributed by atoms with E-state index in [9.17, 15) is 4.79 Å². The van der Waals surface area contributed by atoms with E-state index >= 15 is 0 Å². The third-order valence-corrected chi connectivity index (χ3v) is 4.22. The van der Waals surface area contributed by atoms with E-state index in [1.807, 2.05) is 4.90 Å². The van der Waals surface area contributed by atoms with Crippen LogP contribution >= 0.6 is 0 Å². The van der Waals surface area contributed by atoms with Crippen molar-refractivity contribution in [3.05, 3.63) is 11.8 Å². The van der Waals surface area contributed by atoms with Gasteiger partial charge < -0.3 is 10.2 Å². The van der Waals surface area contributed by atoms with Crippen LogP contribution < -0.4 is 5.32 Å². The van der Waals surface area contributed by atoms with E-state index in [0.717, 1.165) is 32.5 Å². The highest BCUT2D eigenvalue weighted by Gasteiger charge is 2.25. The van der Waals surface area contributed by atoms with Crippen molar-refractivity contribution in [2.45, 2.75) is 58.5 Å². The Kier molecular flexibility index (Phi) is 5.61. The van der Waals surface area contributed by atoms with Crippen LogP contribution in [0.15, 0.2) is 11.8 Å². The zero-order valence-corrected chi connectivity index (χ0v) is 13.2. The van der Waals surface area contributed by atoms with Crippen molar-refractivity contribution in [3.63, 3.8) is 0 Å². The number of carbonyl (C=O) groups is 1. The molecule has 1 aliphatic heterocycles. The van der Waals surface area contributed by atoms with Crippen LogP contribution in [0.5, 0.6) is 0 Å². The summed E-state index contributed by atoms with van der Waals surface area (Å²) in [5, 5.41) is 3.51. The maximum absolute atomic E-state index is 12.6. The molecule has 1 saturated heterocycles. The lowest BCUT2D eigenvalue weighted by Gasteiger charge is -2.37. The molecular formula is C16H29N3O. The molecule has 1 heterocycles. The quantitative estimate of drug-likeness (QED) is 0.854. The Balaban J connectivity index is 1.93. The Morgan fingerprint density at radius 2 is 2.05 bits per heavy atom. The van der Waals surface area contributed by atoms with Crippen LogP contribution in [0.3, 0.4) is 0 Å². The zero-order valence-electron chi connectivity index (χ0n) is 13.2. The van der Waals surface area contributed by atoms with Gasteiger partial charge in [0.05, 0.1) is 6.54 Å². The van der Waals surface area contributed by atoms with Crippen LogP contribution in [0.4, 0.5) is 0 Å². The van der Waals surface area contributed by atoms with Gasteiger partial charge in [0.15, 0.2) is 0 Å². The molecular weight excluding hydrogens is 250 g/mol. The smallest absolute Gasteiger partial charge is 0.240 e. The molecule has 0 spiro atoms. The van der Waals surface area contributed by atoms with Crippen molar-refractivity contribution in [2.24, 2.45) is 0 Å². The minimum absolute atomic E-state index is 0.266. The van der Waals surface area contributed by atoms with Gasteiger partial charge in [-0.05, 0) is 46.5 Å². The second-order valence-corrected chi connectivity index (χ2v) is 6.24. The van der Waals surface area contributed by atoms with Gasteiger partial charge in [-0.1, -0.05) is 6.08 Å². The first-order chi connectivity index (χ1) is 9.60. The van der Waals surface area contributed by atoms with E-state index in [0.29, 0.717) is 18.6 Å². The molecule has 2 rings (SSSR count). The van der Waals surface area contributed by atoms with Gasteiger partial charge in [-0.15, -0.1) is 0 Å². The SMILES string of the molecule is CCN(C(=O)CN1CC(C)NC(C)C1)C1=CCCCC1. The van der Waals surface area contributed by atoms with E-state index in [2.05, 4.69) is 37.1 Å². The Bertz CT molecular complexity index is 357. The number of nitrogens with zero attached hydrogens (tertiary/aromatic N) is 2. The van der Waals surface area contributed by atoms with Crippen LogP contribution in [0, 0.1) is 0 Å². The summed E-state index contributed by atoms with van der Waals surface area (Å²) in [6.07, 6.45) is 6.93. The van der Waals surface area contributed by atoms with Crippen molar-refractivity contribution in [3.8, 4) is 0 Å². The highest BCUT2D eigenvalue weighted by atomic mass is 16.2. The standard InChI is InChI=1S/C16H29N3O/c1-4-19(15-8-6-5-7-9-15)16(20)12-18-10-13(2)17-14(3)11-18/h8,13-14,17H,4-7,9-12H2,1-3H3. The largest absolute Gasteiger partial charge is 0.316 e.